The average molecular weight is 574 g/mol. The van der Waals surface area contributed by atoms with Crippen LogP contribution >= 0.6 is 0 Å². The van der Waals surface area contributed by atoms with Gasteiger partial charge in [0.05, 0.1) is 24.6 Å². The summed E-state index contributed by atoms with van der Waals surface area (Å²) in [7, 11) is 0. The molecule has 0 saturated carbocycles. The van der Waals surface area contributed by atoms with Crippen molar-refractivity contribution < 1.29 is 41.4 Å². The van der Waals surface area contributed by atoms with Crippen molar-refractivity contribution in [1.29, 1.82) is 0 Å². The van der Waals surface area contributed by atoms with E-state index < -0.39 is 11.7 Å². The highest BCUT2D eigenvalue weighted by Gasteiger charge is 2.31. The molecule has 1 amide bonds. The number of oxazole rings is 1. The Balaban J connectivity index is 1.27. The summed E-state index contributed by atoms with van der Waals surface area (Å²) in [5.74, 6) is 0.813. The van der Waals surface area contributed by atoms with E-state index in [2.05, 4.69) is 4.98 Å². The first kappa shape index (κ1) is 28.5. The molecule has 0 radical (unpaired) electrons. The smallest absolute Gasteiger partial charge is 0.416 e. The average Bonchev–Trinajstić information content (AvgIpc) is 3.62. The van der Waals surface area contributed by atoms with Crippen molar-refractivity contribution in [3.05, 3.63) is 77.0 Å². The number of piperidine rings is 1. The molecule has 0 N–H and O–H groups in total. The number of esters is 1. The fourth-order valence-electron chi connectivity index (χ4n) is 4.94. The zero-order valence-electron chi connectivity index (χ0n) is 22.5. The van der Waals surface area contributed by atoms with E-state index in [1.165, 1.54) is 18.4 Å². The number of hydrogen-bond donors (Lipinski definition) is 0. The molecule has 218 valence electrons. The molecule has 0 unspecified atom stereocenters. The fraction of sp³-hybridized carbons (Fsp3) is 0.414. The monoisotopic (exact) mass is 573 g/mol. The van der Waals surface area contributed by atoms with Crippen molar-refractivity contribution >= 4 is 11.9 Å². The Bertz CT molecular complexity index is 1370. The molecule has 1 aromatic heterocycles. The van der Waals surface area contributed by atoms with Crippen molar-refractivity contribution in [1.82, 2.24) is 14.8 Å². The Kier molecular flexibility index (Phi) is 8.48. The highest BCUT2D eigenvalue weighted by molar-refractivity contribution is 5.92. The highest BCUT2D eigenvalue weighted by atomic mass is 19.4. The molecule has 3 aromatic rings. The van der Waals surface area contributed by atoms with Gasteiger partial charge in [-0.05, 0) is 55.2 Å². The van der Waals surface area contributed by atoms with Crippen LogP contribution in [-0.4, -0.2) is 53.1 Å². The number of carbonyl (C=O) groups excluding carboxylic acids is 2. The van der Waals surface area contributed by atoms with Gasteiger partial charge in [0, 0.05) is 26.2 Å². The maximum absolute atomic E-state index is 13.1. The number of likely N-dealkylation sites (tertiary alicyclic amines) is 1. The number of halogens is 3. The Morgan fingerprint density at radius 1 is 1.00 bits per heavy atom. The predicted molar refractivity (Wildman–Crippen MR) is 139 cm³/mol. The van der Waals surface area contributed by atoms with Gasteiger partial charge in [0.1, 0.15) is 6.26 Å². The van der Waals surface area contributed by atoms with Crippen LogP contribution in [0.2, 0.25) is 0 Å². The first-order valence-electron chi connectivity index (χ1n) is 13.4. The van der Waals surface area contributed by atoms with E-state index >= 15 is 0 Å². The first-order chi connectivity index (χ1) is 19.7. The molecule has 0 bridgehead atoms. The minimum Gasteiger partial charge on any atom is -0.466 e. The molecular weight excluding hydrogens is 543 g/mol. The summed E-state index contributed by atoms with van der Waals surface area (Å²) >= 11 is 0. The Morgan fingerprint density at radius 3 is 2.39 bits per heavy atom. The van der Waals surface area contributed by atoms with Crippen molar-refractivity contribution in [3.8, 4) is 11.5 Å². The van der Waals surface area contributed by atoms with E-state index in [-0.39, 0.29) is 36.8 Å². The van der Waals surface area contributed by atoms with E-state index in [0.717, 1.165) is 17.7 Å². The maximum atomic E-state index is 13.1. The van der Waals surface area contributed by atoms with Crippen LogP contribution in [0.4, 0.5) is 13.2 Å². The number of rotatable bonds is 9. The van der Waals surface area contributed by atoms with Gasteiger partial charge in [-0.1, -0.05) is 18.2 Å². The predicted octanol–water partition coefficient (Wildman–Crippen LogP) is 5.04. The number of hydrogen-bond acceptors (Lipinski definition) is 8. The number of fused-ring (bicyclic) bond motifs is 1. The molecule has 0 atom stereocenters. The van der Waals surface area contributed by atoms with Gasteiger partial charge >= 0.3 is 12.1 Å². The summed E-state index contributed by atoms with van der Waals surface area (Å²) in [6.45, 7) is 3.96. The third-order valence-electron chi connectivity index (χ3n) is 7.06. The van der Waals surface area contributed by atoms with Crippen molar-refractivity contribution in [2.45, 2.75) is 45.6 Å². The zero-order chi connectivity index (χ0) is 29.0. The van der Waals surface area contributed by atoms with Crippen LogP contribution in [0.1, 0.15) is 52.8 Å². The standard InChI is InChI=1S/C29H30F3N3O6/c1-2-38-28(37)21-9-11-35(12-10-21)27(36)23-17-39-26(33-23)16-34(14-19-3-6-22(7-4-19)29(30,31)32)15-20-5-8-24-25(13-20)41-18-40-24/h3-8,13,17,21H,2,9-12,14-16,18H2,1H3. The molecule has 3 heterocycles. The summed E-state index contributed by atoms with van der Waals surface area (Å²) in [4.78, 5) is 33.1. The van der Waals surface area contributed by atoms with Crippen molar-refractivity contribution in [2.24, 2.45) is 5.92 Å². The minimum atomic E-state index is -4.42. The summed E-state index contributed by atoms with van der Waals surface area (Å²) in [6, 6.07) is 10.5. The van der Waals surface area contributed by atoms with Gasteiger partial charge in [-0.15, -0.1) is 0 Å². The molecule has 12 heteroatoms. The minimum absolute atomic E-state index is 0.141. The quantitative estimate of drug-likeness (QED) is 0.329. The first-order valence-corrected chi connectivity index (χ1v) is 13.4. The van der Waals surface area contributed by atoms with Gasteiger partial charge < -0.3 is 23.5 Å². The summed E-state index contributed by atoms with van der Waals surface area (Å²) < 4.78 is 60.7. The van der Waals surface area contributed by atoms with Crippen LogP contribution in [0, 0.1) is 5.92 Å². The second kappa shape index (κ2) is 12.2. The maximum Gasteiger partial charge on any atom is 0.416 e. The van der Waals surface area contributed by atoms with Crippen LogP contribution < -0.4 is 9.47 Å². The zero-order valence-corrected chi connectivity index (χ0v) is 22.5. The molecule has 0 aliphatic carbocycles. The highest BCUT2D eigenvalue weighted by Crippen LogP contribution is 2.33. The van der Waals surface area contributed by atoms with Crippen LogP contribution in [0.15, 0.2) is 53.1 Å². The number of aromatic nitrogens is 1. The largest absolute Gasteiger partial charge is 0.466 e. The number of alkyl halides is 3. The second-order valence-electron chi connectivity index (χ2n) is 9.97. The number of benzene rings is 2. The molecule has 1 fully saturated rings. The Hall–Kier alpha value is -4.06. The molecule has 2 aliphatic heterocycles. The van der Waals surface area contributed by atoms with Gasteiger partial charge in [-0.2, -0.15) is 13.2 Å². The molecule has 0 spiro atoms. The molecule has 1 saturated heterocycles. The van der Waals surface area contributed by atoms with Crippen molar-refractivity contribution in [3.63, 3.8) is 0 Å². The van der Waals surface area contributed by atoms with Gasteiger partial charge in [0.25, 0.3) is 5.91 Å². The lowest BCUT2D eigenvalue weighted by Gasteiger charge is -2.30. The SMILES string of the molecule is CCOC(=O)C1CCN(C(=O)c2coc(CN(Cc3ccc(C(F)(F)F)cc3)Cc3ccc4c(c3)OCO4)n2)CC1. The van der Waals surface area contributed by atoms with E-state index in [9.17, 15) is 22.8 Å². The van der Waals surface area contributed by atoms with Crippen LogP contribution in [0.5, 0.6) is 11.5 Å². The number of carbonyl (C=O) groups is 2. The molecule has 9 nitrogen and oxygen atoms in total. The lowest BCUT2D eigenvalue weighted by Crippen LogP contribution is -2.40. The summed E-state index contributed by atoms with van der Waals surface area (Å²) in [5.41, 5.74) is 1.01. The lowest BCUT2D eigenvalue weighted by atomic mass is 9.97. The van der Waals surface area contributed by atoms with E-state index in [1.54, 1.807) is 17.9 Å². The number of nitrogens with zero attached hydrogens (tertiary/aromatic N) is 3. The normalized spacial score (nSPS) is 15.4. The third-order valence-corrected chi connectivity index (χ3v) is 7.06. The van der Waals surface area contributed by atoms with Gasteiger partial charge in [-0.25, -0.2) is 4.98 Å². The van der Waals surface area contributed by atoms with E-state index in [1.807, 2.05) is 17.0 Å². The Morgan fingerprint density at radius 2 is 1.68 bits per heavy atom. The van der Waals surface area contributed by atoms with Crippen LogP contribution in [-0.2, 0) is 35.3 Å². The fourth-order valence-corrected chi connectivity index (χ4v) is 4.94. The van der Waals surface area contributed by atoms with Crippen LogP contribution in [0.3, 0.4) is 0 Å². The number of ether oxygens (including phenoxy) is 3. The van der Waals surface area contributed by atoms with Crippen LogP contribution in [0.25, 0.3) is 0 Å². The molecule has 41 heavy (non-hydrogen) atoms. The van der Waals surface area contributed by atoms with Gasteiger partial charge in [-0.3, -0.25) is 14.5 Å². The molecule has 5 rings (SSSR count). The topological polar surface area (TPSA) is 94.3 Å². The summed E-state index contributed by atoms with van der Waals surface area (Å²) in [5, 5.41) is 0. The molecule has 2 aromatic carbocycles. The van der Waals surface area contributed by atoms with Gasteiger partial charge in [0.15, 0.2) is 17.2 Å². The van der Waals surface area contributed by atoms with E-state index in [4.69, 9.17) is 18.6 Å². The molecule has 2 aliphatic rings. The Labute approximate surface area is 234 Å². The number of amides is 1. The van der Waals surface area contributed by atoms with Crippen molar-refractivity contribution in [2.75, 3.05) is 26.5 Å². The third kappa shape index (κ3) is 6.99. The summed E-state index contributed by atoms with van der Waals surface area (Å²) in [6.07, 6.45) is -2.07. The second-order valence-corrected chi connectivity index (χ2v) is 9.97. The van der Waals surface area contributed by atoms with Gasteiger partial charge in [0.2, 0.25) is 12.7 Å². The molecular formula is C29H30F3N3O6. The van der Waals surface area contributed by atoms with E-state index in [0.29, 0.717) is 68.6 Å². The lowest BCUT2D eigenvalue weighted by molar-refractivity contribution is -0.149.